The molecule has 0 saturated carbocycles. The van der Waals surface area contributed by atoms with Crippen LogP contribution < -0.4 is 10.2 Å². The molecule has 1 saturated heterocycles. The smallest absolute Gasteiger partial charge is 0.234 e. The average molecular weight is 466 g/mol. The number of hydrogen-bond acceptors (Lipinski definition) is 6. The number of thioether (sulfide) groups is 1. The second-order valence-corrected chi connectivity index (χ2v) is 9.53. The highest BCUT2D eigenvalue weighted by molar-refractivity contribution is 7.99. The molecule has 1 aromatic heterocycles. The molecule has 0 unspecified atom stereocenters. The molecule has 0 atom stereocenters. The van der Waals surface area contributed by atoms with Crippen LogP contribution in [0.5, 0.6) is 0 Å². The molecule has 1 aromatic carbocycles. The second kappa shape index (κ2) is 9.82. The lowest BCUT2D eigenvalue weighted by atomic mass is 9.94. The molecule has 2 aromatic rings. The Hall–Kier alpha value is -2.39. The molecule has 3 rings (SSSR count). The number of carbonyl (C=O) groups excluding carboxylic acids is 2. The number of nitrogens with one attached hydrogen (secondary N) is 1. The largest absolute Gasteiger partial charge is 0.353 e. The quantitative estimate of drug-likeness (QED) is 0.412. The lowest BCUT2D eigenvalue weighted by Gasteiger charge is -2.38. The molecule has 0 radical (unpaired) electrons. The molecule has 1 aliphatic heterocycles. The van der Waals surface area contributed by atoms with Crippen LogP contribution in [0.15, 0.2) is 35.5 Å². The SMILES string of the molecule is CC(C)(C)C(=O)N1CCN(c2cc(Cl)nc(SCC(=O)Nc3ccc(F)cc3)n2)CC1. The van der Waals surface area contributed by atoms with E-state index in [0.29, 0.717) is 48.0 Å². The summed E-state index contributed by atoms with van der Waals surface area (Å²) in [5.74, 6) is 0.276. The van der Waals surface area contributed by atoms with E-state index in [1.165, 1.54) is 36.0 Å². The van der Waals surface area contributed by atoms with E-state index in [4.69, 9.17) is 11.6 Å². The molecule has 1 N–H and O–H groups in total. The van der Waals surface area contributed by atoms with Crippen LogP contribution in [0.1, 0.15) is 20.8 Å². The fourth-order valence-corrected chi connectivity index (χ4v) is 3.97. The van der Waals surface area contributed by atoms with Crippen LogP contribution in [0.25, 0.3) is 0 Å². The molecule has 0 bridgehead atoms. The molecule has 1 fully saturated rings. The predicted octanol–water partition coefficient (Wildman–Crippen LogP) is 3.69. The molecule has 2 heterocycles. The third-order valence-electron chi connectivity index (χ3n) is 4.65. The summed E-state index contributed by atoms with van der Waals surface area (Å²) in [4.78, 5) is 37.3. The summed E-state index contributed by atoms with van der Waals surface area (Å²) in [6.07, 6.45) is 0. The highest BCUT2D eigenvalue weighted by Crippen LogP contribution is 2.24. The van der Waals surface area contributed by atoms with Gasteiger partial charge in [-0.3, -0.25) is 9.59 Å². The Kier molecular flexibility index (Phi) is 7.38. The number of nitrogens with zero attached hydrogens (tertiary/aromatic N) is 4. The number of halogens is 2. The fraction of sp³-hybridized carbons (Fsp3) is 0.429. The van der Waals surface area contributed by atoms with Gasteiger partial charge in [0.1, 0.15) is 16.8 Å². The maximum absolute atomic E-state index is 13.0. The molecule has 7 nitrogen and oxygen atoms in total. The molecule has 0 aliphatic carbocycles. The summed E-state index contributed by atoms with van der Waals surface area (Å²) >= 11 is 7.34. The van der Waals surface area contributed by atoms with Crippen molar-refractivity contribution in [3.8, 4) is 0 Å². The summed E-state index contributed by atoms with van der Waals surface area (Å²) in [5.41, 5.74) is 0.112. The van der Waals surface area contributed by atoms with Crippen LogP contribution in [0.2, 0.25) is 5.15 Å². The number of anilines is 2. The predicted molar refractivity (Wildman–Crippen MR) is 121 cm³/mol. The molecule has 31 heavy (non-hydrogen) atoms. The molecule has 1 aliphatic rings. The van der Waals surface area contributed by atoms with E-state index >= 15 is 0 Å². The number of rotatable bonds is 5. The van der Waals surface area contributed by atoms with Gasteiger partial charge < -0.3 is 15.1 Å². The highest BCUT2D eigenvalue weighted by Gasteiger charge is 2.30. The lowest BCUT2D eigenvalue weighted by molar-refractivity contribution is -0.139. The Morgan fingerprint density at radius 2 is 1.77 bits per heavy atom. The van der Waals surface area contributed by atoms with Gasteiger partial charge in [-0.15, -0.1) is 0 Å². The number of benzene rings is 1. The summed E-state index contributed by atoms with van der Waals surface area (Å²) in [5, 5.41) is 3.38. The van der Waals surface area contributed by atoms with Crippen molar-refractivity contribution in [3.63, 3.8) is 0 Å². The monoisotopic (exact) mass is 465 g/mol. The van der Waals surface area contributed by atoms with Gasteiger partial charge in [0, 0.05) is 43.3 Å². The van der Waals surface area contributed by atoms with E-state index in [2.05, 4.69) is 20.2 Å². The maximum Gasteiger partial charge on any atom is 0.234 e. The van der Waals surface area contributed by atoms with Gasteiger partial charge in [0.2, 0.25) is 11.8 Å². The van der Waals surface area contributed by atoms with Gasteiger partial charge in [0.05, 0.1) is 5.75 Å². The van der Waals surface area contributed by atoms with Crippen LogP contribution in [0.4, 0.5) is 15.9 Å². The lowest BCUT2D eigenvalue weighted by Crippen LogP contribution is -2.51. The Bertz CT molecular complexity index is 944. The van der Waals surface area contributed by atoms with Gasteiger partial charge in [-0.1, -0.05) is 44.1 Å². The van der Waals surface area contributed by atoms with Crippen molar-refractivity contribution in [3.05, 3.63) is 41.3 Å². The summed E-state index contributed by atoms with van der Waals surface area (Å²) < 4.78 is 13.0. The zero-order valence-corrected chi connectivity index (χ0v) is 19.3. The fourth-order valence-electron chi connectivity index (χ4n) is 3.09. The van der Waals surface area contributed by atoms with E-state index in [0.717, 1.165) is 0 Å². The van der Waals surface area contributed by atoms with Crippen molar-refractivity contribution in [2.75, 3.05) is 42.1 Å². The Morgan fingerprint density at radius 3 is 2.39 bits per heavy atom. The van der Waals surface area contributed by atoms with Crippen molar-refractivity contribution >= 4 is 46.7 Å². The Morgan fingerprint density at radius 1 is 1.13 bits per heavy atom. The highest BCUT2D eigenvalue weighted by atomic mass is 35.5. The minimum absolute atomic E-state index is 0.0883. The van der Waals surface area contributed by atoms with Crippen LogP contribution >= 0.6 is 23.4 Å². The third-order valence-corrected chi connectivity index (χ3v) is 5.69. The minimum atomic E-state index is -0.404. The van der Waals surface area contributed by atoms with Gasteiger partial charge in [-0.05, 0) is 24.3 Å². The number of aromatic nitrogens is 2. The van der Waals surface area contributed by atoms with Gasteiger partial charge in [0.25, 0.3) is 0 Å². The van der Waals surface area contributed by atoms with Crippen LogP contribution in [-0.2, 0) is 9.59 Å². The van der Waals surface area contributed by atoms with Gasteiger partial charge >= 0.3 is 0 Å². The molecule has 166 valence electrons. The van der Waals surface area contributed by atoms with Gasteiger partial charge in [0.15, 0.2) is 5.16 Å². The van der Waals surface area contributed by atoms with Crippen molar-refractivity contribution < 1.29 is 14.0 Å². The first kappa shape index (κ1) is 23.3. The number of carbonyl (C=O) groups is 2. The standard InChI is InChI=1S/C21H25ClFN5O2S/c1-21(2,3)19(30)28-10-8-27(9-11-28)17-12-16(22)25-20(26-17)31-13-18(29)24-15-6-4-14(23)5-7-15/h4-7,12H,8-11,13H2,1-3H3,(H,24,29). The van der Waals surface area contributed by atoms with Crippen molar-refractivity contribution in [2.24, 2.45) is 5.41 Å². The normalized spacial score (nSPS) is 14.5. The average Bonchev–Trinajstić information content (AvgIpc) is 2.72. The van der Waals surface area contributed by atoms with Crippen LogP contribution in [-0.4, -0.2) is 58.6 Å². The zero-order chi connectivity index (χ0) is 22.6. The maximum atomic E-state index is 13.0. The number of hydrogen-bond donors (Lipinski definition) is 1. The van der Waals surface area contributed by atoms with E-state index in [9.17, 15) is 14.0 Å². The first-order chi connectivity index (χ1) is 14.6. The minimum Gasteiger partial charge on any atom is -0.353 e. The van der Waals surface area contributed by atoms with Crippen LogP contribution in [0.3, 0.4) is 0 Å². The van der Waals surface area contributed by atoms with E-state index < -0.39 is 5.41 Å². The van der Waals surface area contributed by atoms with Gasteiger partial charge in [-0.25, -0.2) is 14.4 Å². The van der Waals surface area contributed by atoms with Gasteiger partial charge in [-0.2, -0.15) is 0 Å². The summed E-state index contributed by atoms with van der Waals surface area (Å²) in [6.45, 7) is 8.26. The van der Waals surface area contributed by atoms with E-state index in [1.54, 1.807) is 6.07 Å². The molecule has 10 heteroatoms. The summed E-state index contributed by atoms with van der Waals surface area (Å²) in [7, 11) is 0. The molecule has 0 spiro atoms. The van der Waals surface area contributed by atoms with E-state index in [-0.39, 0.29) is 23.4 Å². The van der Waals surface area contributed by atoms with Crippen molar-refractivity contribution in [1.29, 1.82) is 0 Å². The number of piperazine rings is 1. The molecular weight excluding hydrogens is 441 g/mol. The van der Waals surface area contributed by atoms with E-state index in [1.807, 2.05) is 25.7 Å². The number of amides is 2. The van der Waals surface area contributed by atoms with Crippen LogP contribution in [0, 0.1) is 11.2 Å². The molecule has 2 amide bonds. The zero-order valence-electron chi connectivity index (χ0n) is 17.7. The van der Waals surface area contributed by atoms with Crippen molar-refractivity contribution in [1.82, 2.24) is 14.9 Å². The van der Waals surface area contributed by atoms with Crippen molar-refractivity contribution in [2.45, 2.75) is 25.9 Å². The molecular formula is C21H25ClFN5O2S. The topological polar surface area (TPSA) is 78.4 Å². The Balaban J connectivity index is 1.57. The first-order valence-electron chi connectivity index (χ1n) is 9.89. The third kappa shape index (κ3) is 6.54. The Labute approximate surface area is 190 Å². The second-order valence-electron chi connectivity index (χ2n) is 8.20. The first-order valence-corrected chi connectivity index (χ1v) is 11.3. The summed E-state index contributed by atoms with van der Waals surface area (Å²) in [6, 6.07) is 7.24.